The van der Waals surface area contributed by atoms with Gasteiger partial charge >= 0.3 is 0 Å². The van der Waals surface area contributed by atoms with Gasteiger partial charge in [0.05, 0.1) is 0 Å². The van der Waals surface area contributed by atoms with E-state index in [9.17, 15) is 0 Å². The van der Waals surface area contributed by atoms with Crippen molar-refractivity contribution in [3.63, 3.8) is 0 Å². The van der Waals surface area contributed by atoms with Gasteiger partial charge in [-0.1, -0.05) is 28.1 Å². The van der Waals surface area contributed by atoms with Crippen LogP contribution in [0.3, 0.4) is 0 Å². The number of fused-ring (bicyclic) bond motifs is 1. The first-order chi connectivity index (χ1) is 5.88. The molecule has 72 valence electrons. The standard InChI is InChI=1S/C10H12BrN.ClH/c11-10-5-1-3-8-7-12-6-2-4-9(8)10;/h1,3,5,12H,2,4,6-7H2;1H. The van der Waals surface area contributed by atoms with Crippen molar-refractivity contribution in [1.29, 1.82) is 0 Å². The monoisotopic (exact) mass is 261 g/mol. The smallest absolute Gasteiger partial charge is 0.0210 e. The van der Waals surface area contributed by atoms with E-state index < -0.39 is 0 Å². The number of nitrogens with one attached hydrogen (secondary N) is 1. The Kier molecular flexibility index (Phi) is 4.23. The maximum atomic E-state index is 3.59. The predicted molar refractivity (Wildman–Crippen MR) is 61.4 cm³/mol. The Morgan fingerprint density at radius 3 is 3.00 bits per heavy atom. The molecule has 1 aromatic rings. The molecule has 1 aliphatic rings. The molecule has 0 amide bonds. The molecule has 0 unspecified atom stereocenters. The second-order valence-electron chi connectivity index (χ2n) is 3.16. The van der Waals surface area contributed by atoms with Crippen molar-refractivity contribution in [2.24, 2.45) is 0 Å². The van der Waals surface area contributed by atoms with Gasteiger partial charge in [-0.2, -0.15) is 0 Å². The van der Waals surface area contributed by atoms with Crippen molar-refractivity contribution in [3.05, 3.63) is 33.8 Å². The van der Waals surface area contributed by atoms with Gasteiger partial charge in [-0.05, 0) is 36.6 Å². The highest BCUT2D eigenvalue weighted by molar-refractivity contribution is 9.10. The van der Waals surface area contributed by atoms with E-state index in [1.807, 2.05) is 0 Å². The van der Waals surface area contributed by atoms with Gasteiger partial charge in [-0.25, -0.2) is 0 Å². The quantitative estimate of drug-likeness (QED) is 0.758. The zero-order valence-corrected chi connectivity index (χ0v) is 9.75. The van der Waals surface area contributed by atoms with Gasteiger partial charge in [0.25, 0.3) is 0 Å². The van der Waals surface area contributed by atoms with Crippen molar-refractivity contribution in [3.8, 4) is 0 Å². The Morgan fingerprint density at radius 2 is 2.15 bits per heavy atom. The summed E-state index contributed by atoms with van der Waals surface area (Å²) in [6, 6.07) is 6.44. The van der Waals surface area contributed by atoms with Crippen LogP contribution in [0.15, 0.2) is 22.7 Å². The zero-order chi connectivity index (χ0) is 8.39. The molecule has 0 saturated heterocycles. The van der Waals surface area contributed by atoms with Gasteiger partial charge in [0.2, 0.25) is 0 Å². The van der Waals surface area contributed by atoms with Gasteiger partial charge in [0.15, 0.2) is 0 Å². The first-order valence-corrected chi connectivity index (χ1v) is 5.14. The summed E-state index contributed by atoms with van der Waals surface area (Å²) in [4.78, 5) is 0. The topological polar surface area (TPSA) is 12.0 Å². The molecule has 0 fully saturated rings. The molecule has 3 heteroatoms. The van der Waals surface area contributed by atoms with Crippen LogP contribution < -0.4 is 5.32 Å². The van der Waals surface area contributed by atoms with Gasteiger partial charge in [-0.15, -0.1) is 12.4 Å². The van der Waals surface area contributed by atoms with E-state index in [0.29, 0.717) is 0 Å². The molecular formula is C10H13BrClN. The highest BCUT2D eigenvalue weighted by Crippen LogP contribution is 2.23. The summed E-state index contributed by atoms with van der Waals surface area (Å²) in [6.45, 7) is 2.16. The molecule has 0 aliphatic carbocycles. The summed E-state index contributed by atoms with van der Waals surface area (Å²) in [5, 5.41) is 3.41. The van der Waals surface area contributed by atoms with Crippen molar-refractivity contribution in [2.45, 2.75) is 19.4 Å². The van der Waals surface area contributed by atoms with Gasteiger partial charge in [0, 0.05) is 11.0 Å². The number of hydrogen-bond donors (Lipinski definition) is 1. The lowest BCUT2D eigenvalue weighted by atomic mass is 10.0. The molecular weight excluding hydrogens is 249 g/mol. The first-order valence-electron chi connectivity index (χ1n) is 4.35. The first kappa shape index (κ1) is 11.0. The highest BCUT2D eigenvalue weighted by Gasteiger charge is 2.08. The number of benzene rings is 1. The lowest BCUT2D eigenvalue weighted by Crippen LogP contribution is -2.11. The maximum Gasteiger partial charge on any atom is 0.0210 e. The van der Waals surface area contributed by atoms with E-state index >= 15 is 0 Å². The Labute approximate surface area is 93.5 Å². The van der Waals surface area contributed by atoms with Crippen LogP contribution in [-0.2, 0) is 13.0 Å². The Morgan fingerprint density at radius 1 is 1.31 bits per heavy atom. The van der Waals surface area contributed by atoms with Crippen LogP contribution in [0.5, 0.6) is 0 Å². The van der Waals surface area contributed by atoms with Crippen LogP contribution >= 0.6 is 28.3 Å². The summed E-state index contributed by atoms with van der Waals surface area (Å²) >= 11 is 3.59. The molecule has 1 aromatic carbocycles. The van der Waals surface area contributed by atoms with Gasteiger partial charge in [-0.3, -0.25) is 0 Å². The molecule has 13 heavy (non-hydrogen) atoms. The Bertz CT molecular complexity index is 288. The van der Waals surface area contributed by atoms with E-state index in [0.717, 1.165) is 13.1 Å². The molecule has 0 radical (unpaired) electrons. The Balaban J connectivity index is 0.000000845. The van der Waals surface area contributed by atoms with Crippen molar-refractivity contribution in [2.75, 3.05) is 6.54 Å². The SMILES string of the molecule is Brc1cccc2c1CCCNC2.Cl. The fraction of sp³-hybridized carbons (Fsp3) is 0.400. The van der Waals surface area contributed by atoms with E-state index in [4.69, 9.17) is 0 Å². The molecule has 1 heterocycles. The van der Waals surface area contributed by atoms with E-state index in [-0.39, 0.29) is 12.4 Å². The minimum atomic E-state index is 0. The van der Waals surface area contributed by atoms with Gasteiger partial charge < -0.3 is 5.32 Å². The molecule has 0 aromatic heterocycles. The maximum absolute atomic E-state index is 3.59. The summed E-state index contributed by atoms with van der Waals surface area (Å²) < 4.78 is 1.27. The summed E-state index contributed by atoms with van der Waals surface area (Å²) in [7, 11) is 0. The van der Waals surface area contributed by atoms with Crippen LogP contribution in [-0.4, -0.2) is 6.54 Å². The van der Waals surface area contributed by atoms with Crippen LogP contribution in [0.4, 0.5) is 0 Å². The number of rotatable bonds is 0. The zero-order valence-electron chi connectivity index (χ0n) is 7.35. The van der Waals surface area contributed by atoms with Crippen molar-refractivity contribution < 1.29 is 0 Å². The third-order valence-electron chi connectivity index (χ3n) is 2.31. The predicted octanol–water partition coefficient (Wildman–Crippen LogP) is 2.91. The minimum absolute atomic E-state index is 0. The normalized spacial score (nSPS) is 15.5. The second-order valence-corrected chi connectivity index (χ2v) is 4.01. The highest BCUT2D eigenvalue weighted by atomic mass is 79.9. The third kappa shape index (κ3) is 2.46. The van der Waals surface area contributed by atoms with Crippen LogP contribution in [0.1, 0.15) is 17.5 Å². The van der Waals surface area contributed by atoms with Crippen LogP contribution in [0, 0.1) is 0 Å². The van der Waals surface area contributed by atoms with Crippen molar-refractivity contribution in [1.82, 2.24) is 5.32 Å². The Hall–Kier alpha value is -0.0500. The molecule has 2 rings (SSSR count). The molecule has 0 spiro atoms. The second kappa shape index (κ2) is 4.99. The summed E-state index contributed by atoms with van der Waals surface area (Å²) in [6.07, 6.45) is 2.44. The molecule has 0 atom stereocenters. The fourth-order valence-corrected chi connectivity index (χ4v) is 2.27. The van der Waals surface area contributed by atoms with E-state index in [2.05, 4.69) is 39.4 Å². The molecule has 0 saturated carbocycles. The summed E-state index contributed by atoms with van der Waals surface area (Å²) in [5.74, 6) is 0. The van der Waals surface area contributed by atoms with E-state index in [1.54, 1.807) is 0 Å². The lowest BCUT2D eigenvalue weighted by molar-refractivity contribution is 0.680. The number of hydrogen-bond acceptors (Lipinski definition) is 1. The van der Waals surface area contributed by atoms with Crippen molar-refractivity contribution >= 4 is 28.3 Å². The average molecular weight is 263 g/mol. The molecule has 1 N–H and O–H groups in total. The molecule has 1 aliphatic heterocycles. The average Bonchev–Trinajstić information content (AvgIpc) is 2.30. The molecule has 1 nitrogen and oxygen atoms in total. The summed E-state index contributed by atoms with van der Waals surface area (Å²) in [5.41, 5.74) is 2.93. The number of halogens is 2. The van der Waals surface area contributed by atoms with E-state index in [1.165, 1.54) is 28.4 Å². The fourth-order valence-electron chi connectivity index (χ4n) is 1.66. The minimum Gasteiger partial charge on any atom is -0.313 e. The van der Waals surface area contributed by atoms with Crippen LogP contribution in [0.25, 0.3) is 0 Å². The largest absolute Gasteiger partial charge is 0.313 e. The van der Waals surface area contributed by atoms with Gasteiger partial charge in [0.1, 0.15) is 0 Å². The van der Waals surface area contributed by atoms with Crippen LogP contribution in [0.2, 0.25) is 0 Å². The third-order valence-corrected chi connectivity index (χ3v) is 3.05. The molecule has 0 bridgehead atoms. The lowest BCUT2D eigenvalue weighted by Gasteiger charge is -2.06.